The molecule has 0 saturated carbocycles. The van der Waals surface area contributed by atoms with E-state index >= 15 is 0 Å². The first-order valence-electron chi connectivity index (χ1n) is 1.95. The van der Waals surface area contributed by atoms with E-state index in [9.17, 15) is 4.79 Å². The summed E-state index contributed by atoms with van der Waals surface area (Å²) >= 11 is 0. The molecule has 0 spiro atoms. The van der Waals surface area contributed by atoms with Gasteiger partial charge in [0, 0.05) is 6.92 Å². The van der Waals surface area contributed by atoms with Crippen LogP contribution in [-0.4, -0.2) is 10.9 Å². The van der Waals surface area contributed by atoms with Crippen LogP contribution in [0.15, 0.2) is 17.1 Å². The van der Waals surface area contributed by atoms with E-state index in [2.05, 4.69) is 5.11 Å². The van der Waals surface area contributed by atoms with Crippen LogP contribution < -0.4 is 0 Å². The molecular weight excluding hydrogens is 108 g/mol. The maximum atomic E-state index is 10.2. The van der Waals surface area contributed by atoms with Crippen LogP contribution in [0.1, 0.15) is 6.92 Å². The zero-order valence-electron chi connectivity index (χ0n) is 4.38. The van der Waals surface area contributed by atoms with Crippen molar-refractivity contribution in [1.82, 2.24) is 0 Å². The summed E-state index contributed by atoms with van der Waals surface area (Å²) < 4.78 is 0. The third-order valence-electron chi connectivity index (χ3n) is 0.603. The van der Waals surface area contributed by atoms with Gasteiger partial charge in [0.15, 0.2) is 11.5 Å². The number of nitrogens with one attached hydrogen (secondary N) is 1. The van der Waals surface area contributed by atoms with E-state index in [1.807, 2.05) is 0 Å². The molecule has 0 aromatic heterocycles. The Labute approximate surface area is 46.3 Å². The van der Waals surface area contributed by atoms with Crippen molar-refractivity contribution in [1.29, 1.82) is 5.53 Å². The number of hydrogen-bond acceptors (Lipinski definition) is 4. The van der Waals surface area contributed by atoms with Crippen molar-refractivity contribution in [3.05, 3.63) is 12.0 Å². The van der Waals surface area contributed by atoms with Gasteiger partial charge in [0.1, 0.15) is 6.26 Å². The highest BCUT2D eigenvalue weighted by Crippen LogP contribution is 1.93. The third kappa shape index (κ3) is 1.51. The zero-order chi connectivity index (χ0) is 6.57. The predicted octanol–water partition coefficient (Wildman–Crippen LogP) is 1.01. The lowest BCUT2D eigenvalue weighted by atomic mass is 10.4. The molecule has 0 aliphatic carbocycles. The maximum Gasteiger partial charge on any atom is 0.183 e. The molecule has 0 heterocycles. The summed E-state index contributed by atoms with van der Waals surface area (Å²) in [7, 11) is 0. The van der Waals surface area contributed by atoms with Crippen molar-refractivity contribution in [3.63, 3.8) is 0 Å². The number of ketones is 1. The summed E-state index contributed by atoms with van der Waals surface area (Å²) in [6, 6.07) is 0. The van der Waals surface area contributed by atoms with Crippen LogP contribution in [0.2, 0.25) is 0 Å². The van der Waals surface area contributed by atoms with Crippen molar-refractivity contribution < 1.29 is 9.90 Å². The Kier molecular flexibility index (Phi) is 2.47. The predicted molar refractivity (Wildman–Crippen MR) is 26.5 cm³/mol. The molecule has 0 bridgehead atoms. The number of aliphatic hydroxyl groups excluding tert-OH is 1. The molecule has 0 aliphatic rings. The molecule has 0 aromatic carbocycles. The summed E-state index contributed by atoms with van der Waals surface area (Å²) in [5.41, 5.74) is 6.03. The van der Waals surface area contributed by atoms with Crippen LogP contribution >= 0.6 is 0 Å². The van der Waals surface area contributed by atoms with Crippen molar-refractivity contribution in [3.8, 4) is 0 Å². The minimum absolute atomic E-state index is 0.231. The number of hydrogen-bond donors (Lipinski definition) is 2. The van der Waals surface area contributed by atoms with Gasteiger partial charge in [-0.15, -0.1) is 0 Å². The Morgan fingerprint density at radius 3 is 2.38 bits per heavy atom. The number of rotatable bonds is 2. The zero-order valence-corrected chi connectivity index (χ0v) is 4.38. The molecule has 0 atom stereocenters. The Hall–Kier alpha value is -1.19. The fraction of sp³-hybridized carbons (Fsp3) is 0.250. The molecule has 0 radical (unpaired) electrons. The largest absolute Gasteiger partial charge is 0.513 e. The highest BCUT2D eigenvalue weighted by molar-refractivity contribution is 5.92. The lowest BCUT2D eigenvalue weighted by molar-refractivity contribution is -0.113. The minimum Gasteiger partial charge on any atom is -0.513 e. The second kappa shape index (κ2) is 2.90. The summed E-state index contributed by atoms with van der Waals surface area (Å²) in [4.78, 5) is 10.2. The lowest BCUT2D eigenvalue weighted by Gasteiger charge is -1.84. The van der Waals surface area contributed by atoms with E-state index in [1.54, 1.807) is 0 Å². The molecule has 44 valence electrons. The number of aliphatic hydroxyl groups is 1. The van der Waals surface area contributed by atoms with E-state index in [4.69, 9.17) is 10.6 Å². The molecular formula is C4H6N2O2. The fourth-order valence-corrected chi connectivity index (χ4v) is 0.198. The Morgan fingerprint density at radius 1 is 1.88 bits per heavy atom. The molecule has 2 N–H and O–H groups in total. The first-order valence-corrected chi connectivity index (χ1v) is 1.95. The van der Waals surface area contributed by atoms with E-state index in [1.165, 1.54) is 6.92 Å². The minimum atomic E-state index is -0.414. The molecule has 0 fully saturated rings. The van der Waals surface area contributed by atoms with E-state index in [0.717, 1.165) is 0 Å². The normalized spacial score (nSPS) is 10.9. The molecule has 8 heavy (non-hydrogen) atoms. The van der Waals surface area contributed by atoms with Gasteiger partial charge < -0.3 is 5.11 Å². The van der Waals surface area contributed by atoms with Gasteiger partial charge >= 0.3 is 0 Å². The number of Topliss-reactive ketones (excluding diaryl/α,β-unsaturated/α-hetero) is 1. The average molecular weight is 114 g/mol. The maximum absolute atomic E-state index is 10.2. The molecule has 0 aliphatic heterocycles. The monoisotopic (exact) mass is 114 g/mol. The van der Waals surface area contributed by atoms with E-state index < -0.39 is 5.78 Å². The Bertz CT molecular complexity index is 139. The van der Waals surface area contributed by atoms with E-state index in [-0.39, 0.29) is 5.70 Å². The van der Waals surface area contributed by atoms with Gasteiger partial charge in [-0.1, -0.05) is 0 Å². The first kappa shape index (κ1) is 6.81. The van der Waals surface area contributed by atoms with Gasteiger partial charge in [-0.05, 0) is 0 Å². The highest BCUT2D eigenvalue weighted by Gasteiger charge is 1.98. The van der Waals surface area contributed by atoms with Gasteiger partial charge in [0.2, 0.25) is 0 Å². The van der Waals surface area contributed by atoms with Gasteiger partial charge in [-0.2, -0.15) is 5.11 Å². The van der Waals surface area contributed by atoms with Crippen molar-refractivity contribution in [2.75, 3.05) is 0 Å². The Balaban J connectivity index is 4.13. The van der Waals surface area contributed by atoms with Gasteiger partial charge in [0.05, 0.1) is 0 Å². The SMILES string of the molecule is CC(=O)C(=CO)N=N. The van der Waals surface area contributed by atoms with Crippen LogP contribution in [0.5, 0.6) is 0 Å². The van der Waals surface area contributed by atoms with Crippen LogP contribution in [0.25, 0.3) is 0 Å². The van der Waals surface area contributed by atoms with Crippen LogP contribution in [0, 0.1) is 5.53 Å². The number of nitrogens with zero attached hydrogens (tertiary/aromatic N) is 1. The van der Waals surface area contributed by atoms with E-state index in [0.29, 0.717) is 6.26 Å². The second-order valence-corrected chi connectivity index (χ2v) is 1.18. The number of allylic oxidation sites excluding steroid dienone is 1. The van der Waals surface area contributed by atoms with Crippen molar-refractivity contribution in [2.24, 2.45) is 5.11 Å². The third-order valence-corrected chi connectivity index (χ3v) is 0.603. The average Bonchev–Trinajstić information content (AvgIpc) is 1.69. The lowest BCUT2D eigenvalue weighted by Crippen LogP contribution is -1.90. The van der Waals surface area contributed by atoms with Crippen molar-refractivity contribution in [2.45, 2.75) is 6.92 Å². The van der Waals surface area contributed by atoms with Gasteiger partial charge in [0.25, 0.3) is 0 Å². The second-order valence-electron chi connectivity index (χ2n) is 1.18. The molecule has 0 unspecified atom stereocenters. The number of carbonyl (C=O) groups is 1. The number of carbonyl (C=O) groups excluding carboxylic acids is 1. The molecule has 0 saturated heterocycles. The highest BCUT2D eigenvalue weighted by atomic mass is 16.2. The molecule has 0 rings (SSSR count). The smallest absolute Gasteiger partial charge is 0.183 e. The summed E-state index contributed by atoms with van der Waals surface area (Å²) in [6.45, 7) is 1.22. The molecule has 4 heteroatoms. The molecule has 4 nitrogen and oxygen atoms in total. The van der Waals surface area contributed by atoms with Crippen LogP contribution in [0.3, 0.4) is 0 Å². The van der Waals surface area contributed by atoms with Crippen molar-refractivity contribution >= 4 is 5.78 Å². The summed E-state index contributed by atoms with van der Waals surface area (Å²) in [5.74, 6) is -0.414. The summed E-state index contributed by atoms with van der Waals surface area (Å²) in [5, 5.41) is 10.8. The summed E-state index contributed by atoms with van der Waals surface area (Å²) in [6.07, 6.45) is 0.509. The Morgan fingerprint density at radius 2 is 2.38 bits per heavy atom. The topological polar surface area (TPSA) is 73.5 Å². The molecule has 0 aromatic rings. The standard InChI is InChI=1S/C4H6N2O2/c1-3(8)4(2-7)6-5/h2,5,7H,1H3. The van der Waals surface area contributed by atoms with Gasteiger partial charge in [-0.3, -0.25) is 4.79 Å². The quantitative estimate of drug-likeness (QED) is 0.319. The van der Waals surface area contributed by atoms with Crippen LogP contribution in [-0.2, 0) is 4.79 Å². The van der Waals surface area contributed by atoms with Crippen LogP contribution in [0.4, 0.5) is 0 Å². The first-order chi connectivity index (χ1) is 3.72. The molecule has 0 amide bonds. The fourth-order valence-electron chi connectivity index (χ4n) is 0.198. The van der Waals surface area contributed by atoms with Gasteiger partial charge in [-0.25, -0.2) is 5.53 Å².